The zero-order valence-electron chi connectivity index (χ0n) is 11.7. The molecule has 0 bridgehead atoms. The monoisotopic (exact) mass is 257 g/mol. The Kier molecular flexibility index (Phi) is 7.28. The van der Waals surface area contributed by atoms with Crippen molar-refractivity contribution in [1.29, 1.82) is 0 Å². The molecular weight excluding hydrogens is 230 g/mol. The first-order valence-corrected chi connectivity index (χ1v) is 7.23. The average molecular weight is 257 g/mol. The van der Waals surface area contributed by atoms with Gasteiger partial charge in [-0.05, 0) is 52.6 Å². The Balaban J connectivity index is 2.18. The van der Waals surface area contributed by atoms with Crippen LogP contribution in [0.15, 0.2) is 0 Å². The fourth-order valence-electron chi connectivity index (χ4n) is 2.66. The summed E-state index contributed by atoms with van der Waals surface area (Å²) < 4.78 is 4.90. The van der Waals surface area contributed by atoms with Crippen LogP contribution in [0.2, 0.25) is 0 Å². The Hall–Kier alpha value is -0.610. The molecule has 18 heavy (non-hydrogen) atoms. The highest BCUT2D eigenvalue weighted by Crippen LogP contribution is 2.20. The van der Waals surface area contributed by atoms with E-state index in [-0.39, 0.29) is 12.1 Å². The molecule has 1 aliphatic rings. The number of rotatable bonds is 7. The molecule has 1 heterocycles. The molecule has 0 aromatic heterocycles. The zero-order valence-corrected chi connectivity index (χ0v) is 11.7. The predicted octanol–water partition coefficient (Wildman–Crippen LogP) is 1.96. The number of carbonyl (C=O) groups is 1. The topological polar surface area (TPSA) is 49.8 Å². The Morgan fingerprint density at radius 3 is 2.89 bits per heavy atom. The molecule has 1 fully saturated rings. The molecule has 2 atom stereocenters. The van der Waals surface area contributed by atoms with Gasteiger partial charge in [-0.15, -0.1) is 0 Å². The number of hydrogen-bond donors (Lipinski definition) is 1. The summed E-state index contributed by atoms with van der Waals surface area (Å²) in [5.41, 5.74) is 0. The van der Waals surface area contributed by atoms with Crippen molar-refractivity contribution in [2.24, 2.45) is 0 Å². The fraction of sp³-hybridized carbons (Fsp3) is 0.929. The first kappa shape index (κ1) is 15.4. The zero-order chi connectivity index (χ0) is 13.4. The van der Waals surface area contributed by atoms with Crippen molar-refractivity contribution in [1.82, 2.24) is 4.90 Å². The molecule has 1 N–H and O–H groups in total. The molecule has 4 heteroatoms. The maximum Gasteiger partial charge on any atom is 0.305 e. The third-order valence-corrected chi connectivity index (χ3v) is 3.60. The summed E-state index contributed by atoms with van der Waals surface area (Å²) in [6, 6.07) is 0.307. The van der Waals surface area contributed by atoms with E-state index in [1.165, 1.54) is 12.8 Å². The highest BCUT2D eigenvalue weighted by Gasteiger charge is 2.25. The molecule has 0 saturated carbocycles. The van der Waals surface area contributed by atoms with Crippen molar-refractivity contribution in [3.63, 3.8) is 0 Å². The van der Waals surface area contributed by atoms with Gasteiger partial charge in [0.25, 0.3) is 0 Å². The fourth-order valence-corrected chi connectivity index (χ4v) is 2.66. The number of carbonyl (C=O) groups excluding carboxylic acids is 1. The molecule has 1 saturated heterocycles. The highest BCUT2D eigenvalue weighted by atomic mass is 16.5. The molecular formula is C14H27NO3. The second kappa shape index (κ2) is 8.48. The van der Waals surface area contributed by atoms with E-state index in [1.807, 2.05) is 13.8 Å². The third-order valence-electron chi connectivity index (χ3n) is 3.60. The van der Waals surface area contributed by atoms with Crippen molar-refractivity contribution in [2.75, 3.05) is 19.7 Å². The van der Waals surface area contributed by atoms with Gasteiger partial charge in [0.1, 0.15) is 0 Å². The molecule has 0 amide bonds. The standard InChI is InChI=1S/C14H27NO3/c1-3-18-14(17)9-5-7-11-15-10-6-4-8-13(15)12(2)16/h12-13,16H,3-11H2,1-2H3. The summed E-state index contributed by atoms with van der Waals surface area (Å²) in [5, 5.41) is 9.75. The number of piperidine rings is 1. The van der Waals surface area contributed by atoms with Crippen LogP contribution in [0.5, 0.6) is 0 Å². The van der Waals surface area contributed by atoms with Gasteiger partial charge in [-0.3, -0.25) is 9.69 Å². The smallest absolute Gasteiger partial charge is 0.305 e. The SMILES string of the molecule is CCOC(=O)CCCCN1CCCCC1C(C)O. The normalized spacial score (nSPS) is 22.7. The lowest BCUT2D eigenvalue weighted by Gasteiger charge is -2.37. The Bertz CT molecular complexity index is 243. The molecule has 0 radical (unpaired) electrons. The van der Waals surface area contributed by atoms with Gasteiger partial charge in [-0.2, -0.15) is 0 Å². The van der Waals surface area contributed by atoms with Crippen molar-refractivity contribution in [3.05, 3.63) is 0 Å². The minimum Gasteiger partial charge on any atom is -0.466 e. The second-order valence-electron chi connectivity index (χ2n) is 5.10. The van der Waals surface area contributed by atoms with E-state index in [1.54, 1.807) is 0 Å². The van der Waals surface area contributed by atoms with Gasteiger partial charge in [-0.25, -0.2) is 0 Å². The summed E-state index contributed by atoms with van der Waals surface area (Å²) in [4.78, 5) is 13.6. The van der Waals surface area contributed by atoms with E-state index < -0.39 is 0 Å². The van der Waals surface area contributed by atoms with Crippen LogP contribution in [0.3, 0.4) is 0 Å². The van der Waals surface area contributed by atoms with Gasteiger partial charge in [0, 0.05) is 12.5 Å². The number of nitrogens with zero attached hydrogens (tertiary/aromatic N) is 1. The van der Waals surface area contributed by atoms with Gasteiger partial charge in [0.05, 0.1) is 12.7 Å². The minimum atomic E-state index is -0.254. The van der Waals surface area contributed by atoms with Crippen LogP contribution in [0.25, 0.3) is 0 Å². The first-order valence-electron chi connectivity index (χ1n) is 7.23. The summed E-state index contributed by atoms with van der Waals surface area (Å²) >= 11 is 0. The molecule has 1 aliphatic heterocycles. The van der Waals surface area contributed by atoms with Crippen LogP contribution >= 0.6 is 0 Å². The van der Waals surface area contributed by atoms with E-state index in [0.717, 1.165) is 32.4 Å². The Labute approximate surface area is 110 Å². The number of aliphatic hydroxyl groups is 1. The number of aliphatic hydroxyl groups excluding tert-OH is 1. The Morgan fingerprint density at radius 1 is 1.44 bits per heavy atom. The van der Waals surface area contributed by atoms with Crippen LogP contribution in [0.4, 0.5) is 0 Å². The molecule has 0 aliphatic carbocycles. The third kappa shape index (κ3) is 5.36. The number of unbranched alkanes of at least 4 members (excludes halogenated alkanes) is 1. The van der Waals surface area contributed by atoms with Crippen LogP contribution in [-0.2, 0) is 9.53 Å². The van der Waals surface area contributed by atoms with Gasteiger partial charge >= 0.3 is 5.97 Å². The summed E-state index contributed by atoms with van der Waals surface area (Å²) in [5.74, 6) is -0.0942. The number of likely N-dealkylation sites (tertiary alicyclic amines) is 1. The van der Waals surface area contributed by atoms with Crippen molar-refractivity contribution < 1.29 is 14.6 Å². The van der Waals surface area contributed by atoms with Crippen LogP contribution in [-0.4, -0.2) is 47.8 Å². The van der Waals surface area contributed by atoms with Gasteiger partial charge < -0.3 is 9.84 Å². The quantitative estimate of drug-likeness (QED) is 0.559. The number of esters is 1. The van der Waals surface area contributed by atoms with Crippen LogP contribution in [0, 0.1) is 0 Å². The average Bonchev–Trinajstić information content (AvgIpc) is 2.35. The maximum absolute atomic E-state index is 11.2. The summed E-state index contributed by atoms with van der Waals surface area (Å²) in [6.07, 6.45) is 5.67. The van der Waals surface area contributed by atoms with Crippen LogP contribution < -0.4 is 0 Å². The maximum atomic E-state index is 11.2. The van der Waals surface area contributed by atoms with E-state index in [2.05, 4.69) is 4.90 Å². The molecule has 0 spiro atoms. The van der Waals surface area contributed by atoms with E-state index in [9.17, 15) is 9.90 Å². The first-order chi connectivity index (χ1) is 8.65. The van der Waals surface area contributed by atoms with E-state index in [4.69, 9.17) is 4.74 Å². The molecule has 2 unspecified atom stereocenters. The van der Waals surface area contributed by atoms with Crippen molar-refractivity contribution in [2.45, 2.75) is 64.5 Å². The molecule has 106 valence electrons. The van der Waals surface area contributed by atoms with E-state index in [0.29, 0.717) is 19.1 Å². The molecule has 0 aromatic rings. The summed E-state index contributed by atoms with van der Waals surface area (Å²) in [7, 11) is 0. The van der Waals surface area contributed by atoms with Gasteiger partial charge in [-0.1, -0.05) is 6.42 Å². The number of ether oxygens (including phenoxy) is 1. The highest BCUT2D eigenvalue weighted by molar-refractivity contribution is 5.69. The Morgan fingerprint density at radius 2 is 2.22 bits per heavy atom. The molecule has 0 aromatic carbocycles. The lowest BCUT2D eigenvalue weighted by molar-refractivity contribution is -0.143. The minimum absolute atomic E-state index is 0.0942. The van der Waals surface area contributed by atoms with Gasteiger partial charge in [0.15, 0.2) is 0 Å². The van der Waals surface area contributed by atoms with Crippen molar-refractivity contribution >= 4 is 5.97 Å². The van der Waals surface area contributed by atoms with Crippen molar-refractivity contribution in [3.8, 4) is 0 Å². The molecule has 4 nitrogen and oxygen atoms in total. The molecule has 1 rings (SSSR count). The number of hydrogen-bond acceptors (Lipinski definition) is 4. The van der Waals surface area contributed by atoms with Gasteiger partial charge in [0.2, 0.25) is 0 Å². The van der Waals surface area contributed by atoms with E-state index >= 15 is 0 Å². The second-order valence-corrected chi connectivity index (χ2v) is 5.10. The predicted molar refractivity (Wildman–Crippen MR) is 71.4 cm³/mol. The summed E-state index contributed by atoms with van der Waals surface area (Å²) in [6.45, 7) is 6.24. The van der Waals surface area contributed by atoms with Crippen LogP contribution in [0.1, 0.15) is 52.4 Å². The lowest BCUT2D eigenvalue weighted by atomic mass is 9.98. The lowest BCUT2D eigenvalue weighted by Crippen LogP contribution is -2.46. The largest absolute Gasteiger partial charge is 0.466 e.